The molecule has 2 heteroatoms. The van der Waals surface area contributed by atoms with Crippen LogP contribution < -0.4 is 11.1 Å². The Hall–Kier alpha value is -0.0800. The minimum Gasteiger partial charge on any atom is -0.330 e. The lowest BCUT2D eigenvalue weighted by atomic mass is 9.92. The van der Waals surface area contributed by atoms with E-state index in [4.69, 9.17) is 5.73 Å². The van der Waals surface area contributed by atoms with Crippen molar-refractivity contribution in [3.63, 3.8) is 0 Å². The lowest BCUT2D eigenvalue weighted by Gasteiger charge is -2.27. The molecule has 1 aliphatic rings. The summed E-state index contributed by atoms with van der Waals surface area (Å²) >= 11 is 0. The van der Waals surface area contributed by atoms with E-state index in [9.17, 15) is 0 Å². The molecule has 3 N–H and O–H groups in total. The van der Waals surface area contributed by atoms with E-state index in [1.54, 1.807) is 0 Å². The fraction of sp³-hybridized carbons (Fsp3) is 1.00. The van der Waals surface area contributed by atoms with Gasteiger partial charge in [-0.1, -0.05) is 13.3 Å². The molecule has 0 aromatic rings. The molecule has 1 atom stereocenters. The van der Waals surface area contributed by atoms with Crippen molar-refractivity contribution in [1.29, 1.82) is 0 Å². The minimum atomic E-state index is 0.751. The Bertz CT molecular complexity index is 99.7. The molecule has 2 nitrogen and oxygen atoms in total. The SMILES string of the molecule is CC(CCN)CNC1CCC1. The van der Waals surface area contributed by atoms with Crippen LogP contribution in [0.3, 0.4) is 0 Å². The smallest absolute Gasteiger partial charge is 0.00671 e. The highest BCUT2D eigenvalue weighted by molar-refractivity contribution is 4.76. The van der Waals surface area contributed by atoms with E-state index >= 15 is 0 Å². The number of nitrogens with two attached hydrogens (primary N) is 1. The molecule has 1 unspecified atom stereocenters. The van der Waals surface area contributed by atoms with E-state index in [2.05, 4.69) is 12.2 Å². The zero-order valence-electron chi connectivity index (χ0n) is 7.47. The number of rotatable bonds is 5. The first-order valence-electron chi connectivity index (χ1n) is 4.76. The molecule has 0 aliphatic heterocycles. The number of nitrogens with one attached hydrogen (secondary N) is 1. The second kappa shape index (κ2) is 4.73. The maximum Gasteiger partial charge on any atom is 0.00671 e. The van der Waals surface area contributed by atoms with Gasteiger partial charge in [-0.05, 0) is 38.3 Å². The van der Waals surface area contributed by atoms with Crippen LogP contribution >= 0.6 is 0 Å². The molecular weight excluding hydrogens is 136 g/mol. The van der Waals surface area contributed by atoms with Crippen LogP contribution in [0.5, 0.6) is 0 Å². The van der Waals surface area contributed by atoms with Crippen molar-refractivity contribution < 1.29 is 0 Å². The summed E-state index contributed by atoms with van der Waals surface area (Å²) in [6.45, 7) is 4.24. The summed E-state index contributed by atoms with van der Waals surface area (Å²) < 4.78 is 0. The maximum atomic E-state index is 5.45. The van der Waals surface area contributed by atoms with Crippen molar-refractivity contribution in [1.82, 2.24) is 5.32 Å². The van der Waals surface area contributed by atoms with Gasteiger partial charge in [-0.2, -0.15) is 0 Å². The van der Waals surface area contributed by atoms with Crippen molar-refractivity contribution in [3.8, 4) is 0 Å². The molecule has 0 amide bonds. The third kappa shape index (κ3) is 3.21. The second-order valence-electron chi connectivity index (χ2n) is 3.72. The molecule has 0 bridgehead atoms. The van der Waals surface area contributed by atoms with Crippen molar-refractivity contribution in [2.45, 2.75) is 38.6 Å². The Balaban J connectivity index is 1.92. The number of hydrogen-bond donors (Lipinski definition) is 2. The molecule has 1 aliphatic carbocycles. The molecular formula is C9H20N2. The normalized spacial score (nSPS) is 21.3. The summed E-state index contributed by atoms with van der Waals surface area (Å²) in [7, 11) is 0. The van der Waals surface area contributed by atoms with Crippen LogP contribution in [0.2, 0.25) is 0 Å². The largest absolute Gasteiger partial charge is 0.330 e. The highest BCUT2D eigenvalue weighted by Crippen LogP contribution is 2.18. The van der Waals surface area contributed by atoms with Crippen molar-refractivity contribution >= 4 is 0 Å². The van der Waals surface area contributed by atoms with E-state index in [1.165, 1.54) is 19.3 Å². The van der Waals surface area contributed by atoms with Gasteiger partial charge >= 0.3 is 0 Å². The molecule has 0 saturated heterocycles. The lowest BCUT2D eigenvalue weighted by Crippen LogP contribution is -2.37. The molecule has 0 heterocycles. The monoisotopic (exact) mass is 156 g/mol. The van der Waals surface area contributed by atoms with Gasteiger partial charge in [-0.25, -0.2) is 0 Å². The van der Waals surface area contributed by atoms with Gasteiger partial charge < -0.3 is 11.1 Å². The zero-order valence-corrected chi connectivity index (χ0v) is 7.47. The topological polar surface area (TPSA) is 38.0 Å². The second-order valence-corrected chi connectivity index (χ2v) is 3.72. The van der Waals surface area contributed by atoms with E-state index < -0.39 is 0 Å². The van der Waals surface area contributed by atoms with Gasteiger partial charge in [0, 0.05) is 6.04 Å². The summed E-state index contributed by atoms with van der Waals surface area (Å²) in [5.74, 6) is 0.751. The first kappa shape index (κ1) is 9.01. The lowest BCUT2D eigenvalue weighted by molar-refractivity contribution is 0.317. The van der Waals surface area contributed by atoms with E-state index in [0.29, 0.717) is 0 Å². The molecule has 0 spiro atoms. The Morgan fingerprint density at radius 1 is 1.55 bits per heavy atom. The summed E-state index contributed by atoms with van der Waals surface area (Å²) in [5.41, 5.74) is 5.45. The Morgan fingerprint density at radius 3 is 2.73 bits per heavy atom. The van der Waals surface area contributed by atoms with Gasteiger partial charge in [0.15, 0.2) is 0 Å². The molecule has 66 valence electrons. The van der Waals surface area contributed by atoms with Crippen LogP contribution in [-0.4, -0.2) is 19.1 Å². The van der Waals surface area contributed by atoms with E-state index in [1.807, 2.05) is 0 Å². The first-order valence-corrected chi connectivity index (χ1v) is 4.76. The van der Waals surface area contributed by atoms with Crippen LogP contribution in [0, 0.1) is 5.92 Å². The van der Waals surface area contributed by atoms with Gasteiger partial charge in [0.05, 0.1) is 0 Å². The summed E-state index contributed by atoms with van der Waals surface area (Å²) in [6.07, 6.45) is 5.34. The highest BCUT2D eigenvalue weighted by atomic mass is 14.9. The minimum absolute atomic E-state index is 0.751. The van der Waals surface area contributed by atoms with Crippen LogP contribution in [0.25, 0.3) is 0 Å². The summed E-state index contributed by atoms with van der Waals surface area (Å²) in [6, 6.07) is 0.829. The molecule has 1 fully saturated rings. The quantitative estimate of drug-likeness (QED) is 0.626. The Morgan fingerprint density at radius 2 is 2.27 bits per heavy atom. The summed E-state index contributed by atoms with van der Waals surface area (Å²) in [5, 5.41) is 3.55. The predicted octanol–water partition coefficient (Wildman–Crippen LogP) is 1.11. The fourth-order valence-corrected chi connectivity index (χ4v) is 1.37. The molecule has 11 heavy (non-hydrogen) atoms. The van der Waals surface area contributed by atoms with E-state index in [-0.39, 0.29) is 0 Å². The maximum absolute atomic E-state index is 5.45. The van der Waals surface area contributed by atoms with Crippen LogP contribution in [0.4, 0.5) is 0 Å². The zero-order chi connectivity index (χ0) is 8.10. The van der Waals surface area contributed by atoms with Crippen molar-refractivity contribution in [2.75, 3.05) is 13.1 Å². The molecule has 1 saturated carbocycles. The van der Waals surface area contributed by atoms with Gasteiger partial charge in [0.2, 0.25) is 0 Å². The fourth-order valence-electron chi connectivity index (χ4n) is 1.37. The summed E-state index contributed by atoms with van der Waals surface area (Å²) in [4.78, 5) is 0. The average molecular weight is 156 g/mol. The van der Waals surface area contributed by atoms with E-state index in [0.717, 1.165) is 31.5 Å². The van der Waals surface area contributed by atoms with Gasteiger partial charge in [-0.15, -0.1) is 0 Å². The third-order valence-electron chi connectivity index (χ3n) is 2.52. The van der Waals surface area contributed by atoms with Crippen LogP contribution in [-0.2, 0) is 0 Å². The van der Waals surface area contributed by atoms with Crippen molar-refractivity contribution in [2.24, 2.45) is 11.7 Å². The Labute approximate surface area is 69.5 Å². The molecule has 0 aromatic heterocycles. The van der Waals surface area contributed by atoms with Gasteiger partial charge in [-0.3, -0.25) is 0 Å². The van der Waals surface area contributed by atoms with Crippen molar-refractivity contribution in [3.05, 3.63) is 0 Å². The number of hydrogen-bond acceptors (Lipinski definition) is 2. The van der Waals surface area contributed by atoms with Gasteiger partial charge in [0.1, 0.15) is 0 Å². The standard InChI is InChI=1S/C9H20N2/c1-8(5-6-10)7-11-9-3-2-4-9/h8-9,11H,2-7,10H2,1H3. The molecule has 1 rings (SSSR count). The molecule has 0 radical (unpaired) electrons. The Kier molecular flexibility index (Phi) is 3.87. The highest BCUT2D eigenvalue weighted by Gasteiger charge is 2.16. The first-order chi connectivity index (χ1) is 5.33. The van der Waals surface area contributed by atoms with Gasteiger partial charge in [0.25, 0.3) is 0 Å². The molecule has 0 aromatic carbocycles. The van der Waals surface area contributed by atoms with Crippen LogP contribution in [0.15, 0.2) is 0 Å². The predicted molar refractivity (Wildman–Crippen MR) is 48.5 cm³/mol. The van der Waals surface area contributed by atoms with Crippen LogP contribution in [0.1, 0.15) is 32.6 Å². The third-order valence-corrected chi connectivity index (χ3v) is 2.52. The average Bonchev–Trinajstić information content (AvgIpc) is 1.85.